The number of carbonyl (C=O) groups excluding carboxylic acids is 2. The predicted octanol–water partition coefficient (Wildman–Crippen LogP) is 3.77. The lowest BCUT2D eigenvalue weighted by atomic mass is 10.1. The van der Waals surface area contributed by atoms with E-state index >= 15 is 0 Å². The van der Waals surface area contributed by atoms with E-state index in [1.165, 1.54) is 34.9 Å². The minimum atomic E-state index is -0.494. The van der Waals surface area contributed by atoms with Gasteiger partial charge in [0.2, 0.25) is 5.91 Å². The van der Waals surface area contributed by atoms with Gasteiger partial charge in [-0.15, -0.1) is 0 Å². The van der Waals surface area contributed by atoms with Crippen LogP contribution in [-0.2, 0) is 11.2 Å². The number of benzene rings is 3. The third-order valence-electron chi connectivity index (χ3n) is 4.57. The maximum absolute atomic E-state index is 13.2. The van der Waals surface area contributed by atoms with Gasteiger partial charge in [0.1, 0.15) is 5.82 Å². The molecule has 0 atom stereocenters. The highest BCUT2D eigenvalue weighted by atomic mass is 19.1. The van der Waals surface area contributed by atoms with Crippen LogP contribution in [0.2, 0.25) is 0 Å². The average Bonchev–Trinajstić information content (AvgIpc) is 3.04. The monoisotopic (exact) mass is 360 g/mol. The molecule has 0 saturated heterocycles. The Morgan fingerprint density at radius 3 is 2.56 bits per heavy atom. The lowest BCUT2D eigenvalue weighted by Crippen LogP contribution is -2.32. The molecule has 3 aromatic carbocycles. The summed E-state index contributed by atoms with van der Waals surface area (Å²) in [5, 5.41) is 5.28. The summed E-state index contributed by atoms with van der Waals surface area (Å²) < 4.78 is 13.2. The second kappa shape index (κ2) is 7.03. The van der Waals surface area contributed by atoms with Crippen LogP contribution < -0.4 is 10.6 Å². The van der Waals surface area contributed by atoms with Crippen molar-refractivity contribution in [1.29, 1.82) is 0 Å². The standard InChI is InChI=1S/C22H17FN2O2/c23-17-6-3-5-15(11-17)22(27)24-13-21(26)25-18-8-9-20-16(12-18)10-14-4-1-2-7-19(14)20/h1-9,11-12H,10,13H2,(H,24,27)(H,25,26). The van der Waals surface area contributed by atoms with Crippen molar-refractivity contribution in [1.82, 2.24) is 5.32 Å². The number of anilines is 1. The normalized spacial score (nSPS) is 11.4. The molecule has 0 heterocycles. The predicted molar refractivity (Wildman–Crippen MR) is 102 cm³/mol. The number of nitrogens with one attached hydrogen (secondary N) is 2. The first-order chi connectivity index (χ1) is 13.1. The van der Waals surface area contributed by atoms with Gasteiger partial charge in [-0.2, -0.15) is 0 Å². The number of carbonyl (C=O) groups is 2. The molecule has 27 heavy (non-hydrogen) atoms. The molecule has 1 aliphatic rings. The summed E-state index contributed by atoms with van der Waals surface area (Å²) in [5.74, 6) is -1.32. The molecule has 0 bridgehead atoms. The molecule has 4 nitrogen and oxygen atoms in total. The Balaban J connectivity index is 1.38. The summed E-state index contributed by atoms with van der Waals surface area (Å²) in [6, 6.07) is 19.4. The van der Waals surface area contributed by atoms with Crippen LogP contribution in [0.4, 0.5) is 10.1 Å². The van der Waals surface area contributed by atoms with E-state index in [0.29, 0.717) is 5.69 Å². The van der Waals surface area contributed by atoms with E-state index in [1.54, 1.807) is 0 Å². The zero-order valence-corrected chi connectivity index (χ0v) is 14.5. The molecule has 0 aliphatic heterocycles. The van der Waals surface area contributed by atoms with Crippen molar-refractivity contribution in [2.45, 2.75) is 6.42 Å². The van der Waals surface area contributed by atoms with Crippen molar-refractivity contribution in [3.8, 4) is 11.1 Å². The molecular formula is C22H17FN2O2. The summed E-state index contributed by atoms with van der Waals surface area (Å²) in [4.78, 5) is 24.1. The molecule has 1 aliphatic carbocycles. The fraction of sp³-hybridized carbons (Fsp3) is 0.0909. The van der Waals surface area contributed by atoms with Gasteiger partial charge in [-0.05, 0) is 59.0 Å². The van der Waals surface area contributed by atoms with Gasteiger partial charge in [0, 0.05) is 11.3 Å². The highest BCUT2D eigenvalue weighted by molar-refractivity contribution is 5.99. The molecule has 2 N–H and O–H groups in total. The van der Waals surface area contributed by atoms with Crippen molar-refractivity contribution < 1.29 is 14.0 Å². The Bertz CT molecular complexity index is 1050. The number of halogens is 1. The second-order valence-corrected chi connectivity index (χ2v) is 6.45. The van der Waals surface area contributed by atoms with Crippen LogP contribution in [0.15, 0.2) is 66.7 Å². The first kappa shape index (κ1) is 17.0. The van der Waals surface area contributed by atoms with Crippen LogP contribution >= 0.6 is 0 Å². The Hall–Kier alpha value is -3.47. The van der Waals surface area contributed by atoms with E-state index in [1.807, 2.05) is 30.3 Å². The minimum Gasteiger partial charge on any atom is -0.343 e. The maximum Gasteiger partial charge on any atom is 0.251 e. The Morgan fingerprint density at radius 2 is 1.70 bits per heavy atom. The van der Waals surface area contributed by atoms with Crippen LogP contribution in [0, 0.1) is 5.82 Å². The van der Waals surface area contributed by atoms with Crippen LogP contribution in [0.25, 0.3) is 11.1 Å². The van der Waals surface area contributed by atoms with Gasteiger partial charge in [-0.3, -0.25) is 9.59 Å². The van der Waals surface area contributed by atoms with Crippen LogP contribution in [0.1, 0.15) is 21.5 Å². The van der Waals surface area contributed by atoms with E-state index < -0.39 is 11.7 Å². The second-order valence-electron chi connectivity index (χ2n) is 6.45. The van der Waals surface area contributed by atoms with Crippen molar-refractivity contribution >= 4 is 17.5 Å². The molecule has 134 valence electrons. The zero-order chi connectivity index (χ0) is 18.8. The van der Waals surface area contributed by atoms with Gasteiger partial charge in [0.05, 0.1) is 6.54 Å². The van der Waals surface area contributed by atoms with Gasteiger partial charge in [-0.25, -0.2) is 4.39 Å². The lowest BCUT2D eigenvalue weighted by molar-refractivity contribution is -0.115. The molecule has 3 aromatic rings. The third kappa shape index (κ3) is 3.58. The van der Waals surface area contributed by atoms with E-state index in [9.17, 15) is 14.0 Å². The van der Waals surface area contributed by atoms with Crippen LogP contribution in [0.3, 0.4) is 0 Å². The lowest BCUT2D eigenvalue weighted by Gasteiger charge is -2.09. The van der Waals surface area contributed by atoms with Crippen molar-refractivity contribution in [3.05, 3.63) is 89.2 Å². The molecule has 4 rings (SSSR count). The van der Waals surface area contributed by atoms with Gasteiger partial charge >= 0.3 is 0 Å². The highest BCUT2D eigenvalue weighted by Crippen LogP contribution is 2.37. The Kier molecular flexibility index (Phi) is 4.42. The maximum atomic E-state index is 13.2. The first-order valence-corrected chi connectivity index (χ1v) is 8.65. The van der Waals surface area contributed by atoms with E-state index in [2.05, 4.69) is 22.8 Å². The topological polar surface area (TPSA) is 58.2 Å². The molecule has 0 saturated carbocycles. The molecule has 0 spiro atoms. The molecule has 5 heteroatoms. The van der Waals surface area contributed by atoms with E-state index in [4.69, 9.17) is 0 Å². The van der Waals surface area contributed by atoms with E-state index in [0.717, 1.165) is 18.1 Å². The number of hydrogen-bond acceptors (Lipinski definition) is 2. The number of fused-ring (bicyclic) bond motifs is 3. The van der Waals surface area contributed by atoms with Crippen molar-refractivity contribution in [2.75, 3.05) is 11.9 Å². The van der Waals surface area contributed by atoms with Gasteiger partial charge < -0.3 is 10.6 Å². The largest absolute Gasteiger partial charge is 0.343 e. The summed E-state index contributed by atoms with van der Waals surface area (Å²) in [5.41, 5.74) is 5.72. The summed E-state index contributed by atoms with van der Waals surface area (Å²) in [6.07, 6.45) is 0.839. The molecule has 0 aromatic heterocycles. The molecule has 0 radical (unpaired) electrons. The summed E-state index contributed by atoms with van der Waals surface area (Å²) >= 11 is 0. The fourth-order valence-electron chi connectivity index (χ4n) is 3.32. The van der Waals surface area contributed by atoms with Crippen LogP contribution in [-0.4, -0.2) is 18.4 Å². The van der Waals surface area contributed by atoms with Gasteiger partial charge in [0.15, 0.2) is 0 Å². The molecular weight excluding hydrogens is 343 g/mol. The van der Waals surface area contributed by atoms with Gasteiger partial charge in [-0.1, -0.05) is 36.4 Å². The number of amides is 2. The molecule has 0 fully saturated rings. The highest BCUT2D eigenvalue weighted by Gasteiger charge is 2.18. The Morgan fingerprint density at radius 1 is 0.889 bits per heavy atom. The molecule has 2 amide bonds. The average molecular weight is 360 g/mol. The minimum absolute atomic E-state index is 0.179. The smallest absolute Gasteiger partial charge is 0.251 e. The first-order valence-electron chi connectivity index (χ1n) is 8.65. The fourth-order valence-corrected chi connectivity index (χ4v) is 3.32. The zero-order valence-electron chi connectivity index (χ0n) is 14.5. The quantitative estimate of drug-likeness (QED) is 0.582. The summed E-state index contributed by atoms with van der Waals surface area (Å²) in [7, 11) is 0. The SMILES string of the molecule is O=C(CNC(=O)c1cccc(F)c1)Nc1ccc2c(c1)Cc1ccccc1-2. The number of hydrogen-bond donors (Lipinski definition) is 2. The van der Waals surface area contributed by atoms with Crippen molar-refractivity contribution in [2.24, 2.45) is 0 Å². The van der Waals surface area contributed by atoms with E-state index in [-0.39, 0.29) is 18.0 Å². The Labute approximate surface area is 156 Å². The third-order valence-corrected chi connectivity index (χ3v) is 4.57. The van der Waals surface area contributed by atoms with Gasteiger partial charge in [0.25, 0.3) is 5.91 Å². The molecule has 0 unspecified atom stereocenters. The van der Waals surface area contributed by atoms with Crippen molar-refractivity contribution in [3.63, 3.8) is 0 Å². The number of rotatable bonds is 4. The summed E-state index contributed by atoms with van der Waals surface area (Å²) in [6.45, 7) is -0.188. The van der Waals surface area contributed by atoms with Crippen LogP contribution in [0.5, 0.6) is 0 Å².